The van der Waals surface area contributed by atoms with Gasteiger partial charge in [-0.25, -0.2) is 4.79 Å². The number of carbonyl (C=O) groups is 1. The second kappa shape index (κ2) is 27.5. The van der Waals surface area contributed by atoms with Crippen molar-refractivity contribution in [3.05, 3.63) is 0 Å². The summed E-state index contributed by atoms with van der Waals surface area (Å²) in [7, 11) is 9.28. The number of likely N-dealkylation sites (tertiary alicyclic amines) is 4. The van der Waals surface area contributed by atoms with Crippen molar-refractivity contribution >= 4 is 159 Å². The quantitative estimate of drug-likeness (QED) is 0.0507. The van der Waals surface area contributed by atoms with Gasteiger partial charge in [0, 0.05) is 63.2 Å². The molecule has 4 heterocycles. The van der Waals surface area contributed by atoms with Crippen LogP contribution in [0.1, 0.15) is 77.0 Å². The predicted octanol–water partition coefficient (Wildman–Crippen LogP) is 7.53. The molecule has 0 aliphatic carbocycles. The van der Waals surface area contributed by atoms with E-state index in [0.717, 1.165) is 139 Å². The summed E-state index contributed by atoms with van der Waals surface area (Å²) in [6.07, 6.45) is 13.5. The molecule has 0 saturated carbocycles. The maximum Gasteiger partial charge on any atom is 0.329 e. The highest BCUT2D eigenvalue weighted by Gasteiger charge is 2.60. The molecule has 5 N–H and O–H groups in total. The summed E-state index contributed by atoms with van der Waals surface area (Å²) in [6, 6.07) is 0. The molecule has 4 saturated heterocycles. The number of piperidine rings is 4. The van der Waals surface area contributed by atoms with Crippen molar-refractivity contribution in [1.29, 1.82) is 0 Å². The van der Waals surface area contributed by atoms with Crippen molar-refractivity contribution in [2.24, 2.45) is 5.41 Å². The van der Waals surface area contributed by atoms with Crippen LogP contribution in [-0.4, -0.2) is 150 Å². The molecule has 0 radical (unpaired) electrons. The van der Waals surface area contributed by atoms with Crippen molar-refractivity contribution < 1.29 is 34.5 Å². The van der Waals surface area contributed by atoms with Crippen LogP contribution in [0.3, 0.4) is 0 Å². The lowest BCUT2D eigenvalue weighted by Gasteiger charge is -2.47. The zero-order valence-electron chi connectivity index (χ0n) is 30.1. The van der Waals surface area contributed by atoms with Gasteiger partial charge in [0.15, 0.2) is 0 Å². The number of aliphatic hydroxyl groups is 4. The minimum absolute atomic E-state index is 0.551. The van der Waals surface area contributed by atoms with Crippen LogP contribution in [0, 0.1) is 5.41 Å². The fraction of sp³-hybridized carbons (Fsp3) is 0.839. The highest BCUT2D eigenvalue weighted by Crippen LogP contribution is 2.64. The Labute approximate surface area is 373 Å². The van der Waals surface area contributed by atoms with E-state index in [1.807, 2.05) is 0 Å². The second-order valence-electron chi connectivity index (χ2n) is 12.9. The van der Waals surface area contributed by atoms with E-state index in [1.54, 1.807) is 0 Å². The first-order valence-electron chi connectivity index (χ1n) is 18.0. The number of thiocarbonyl (C=S) groups is 4. The third-order valence-electron chi connectivity index (χ3n) is 9.14. The average Bonchev–Trinajstić information content (AvgIpc) is 3.22. The number of nitrogens with zero attached hydrogens (tertiary/aromatic N) is 4. The minimum atomic E-state index is -1.56. The number of aliphatic hydroxyl groups excluding tert-OH is 4. The van der Waals surface area contributed by atoms with Gasteiger partial charge in [0.25, 0.3) is 0 Å². The van der Waals surface area contributed by atoms with Crippen molar-refractivity contribution in [2.45, 2.75) is 86.8 Å². The van der Waals surface area contributed by atoms with Crippen LogP contribution in [0.25, 0.3) is 0 Å². The first-order valence-corrected chi connectivity index (χ1v) is 28.2. The first kappa shape index (κ1) is 50.0. The topological polar surface area (TPSA) is 140 Å². The molecule has 23 heteroatoms. The monoisotopic (exact) mass is 976 g/mol. The molecule has 4 fully saturated rings. The maximum absolute atomic E-state index is 12.1. The summed E-state index contributed by atoms with van der Waals surface area (Å²) < 4.78 is 8.24. The van der Waals surface area contributed by atoms with Crippen LogP contribution in [-0.2, 0) is 8.98 Å². The maximum atomic E-state index is 12.1. The third-order valence-corrected chi connectivity index (χ3v) is 23.1. The molecule has 11 nitrogen and oxygen atoms in total. The Morgan fingerprint density at radius 2 is 0.889 bits per heavy atom. The van der Waals surface area contributed by atoms with Gasteiger partial charge in [-0.15, -0.1) is 0 Å². The third kappa shape index (κ3) is 15.9. The molecule has 4 aliphatic rings. The van der Waals surface area contributed by atoms with Gasteiger partial charge in [0.2, 0.25) is 4.27 Å². The van der Waals surface area contributed by atoms with E-state index in [1.165, 1.54) is 90.4 Å². The largest absolute Gasteiger partial charge is 0.480 e. The zero-order valence-corrected chi connectivity index (χ0v) is 39.9. The Morgan fingerprint density at radius 1 is 0.574 bits per heavy atom. The van der Waals surface area contributed by atoms with E-state index in [2.05, 4.69) is 19.6 Å². The fourth-order valence-electron chi connectivity index (χ4n) is 5.81. The first-order chi connectivity index (χ1) is 26.0. The van der Waals surface area contributed by atoms with Gasteiger partial charge < -0.3 is 45.1 Å². The van der Waals surface area contributed by atoms with E-state index in [0.29, 0.717) is 4.32 Å². The molecule has 4 rings (SSSR count). The molecule has 4 aliphatic heterocycles. The van der Waals surface area contributed by atoms with E-state index < -0.39 is 40.9 Å². The number of carboxylic acid groups (broad SMARTS) is 1. The average molecular weight is 978 g/mol. The lowest BCUT2D eigenvalue weighted by Crippen LogP contribution is -2.55. The molecule has 1 unspecified atom stereocenters. The second-order valence-corrected chi connectivity index (χ2v) is 24.4. The minimum Gasteiger partial charge on any atom is -0.480 e. The summed E-state index contributed by atoms with van der Waals surface area (Å²) in [6.45, 7) is 5.32. The van der Waals surface area contributed by atoms with Gasteiger partial charge in [0.1, 0.15) is 34.7 Å². The molecule has 0 bridgehead atoms. The van der Waals surface area contributed by atoms with Crippen molar-refractivity contribution in [3.63, 3.8) is 0 Å². The Bertz CT molecular complexity index is 1150. The number of carboxylic acids is 1. The summed E-state index contributed by atoms with van der Waals surface area (Å²) in [5, 5.41) is 49.7. The summed E-state index contributed by atoms with van der Waals surface area (Å²) in [5.74, 6) is -1.19. The van der Waals surface area contributed by atoms with E-state index in [9.17, 15) is 15.3 Å². The standard InChI is InChI=1S/C29H48N4O4S12.C2H4O3/c34-21-28(22-35,23(36)42-43-24(38)30-13-5-1-6-14-30)29(47-44-25(39)31-15-7-2-8-16-31,48-45-26(40)32-17-9-3-10-18-32)37-49-46-27(41)33-19-11-4-12-20-33;3-1-2(4)5/h23,34-36H,1-22H2;3H,1H2,(H,4,5). The molecule has 0 aromatic rings. The highest BCUT2D eigenvalue weighted by molar-refractivity contribution is 8.92. The fourth-order valence-corrected chi connectivity index (χ4v) is 19.2. The summed E-state index contributed by atoms with van der Waals surface area (Å²) in [5.41, 5.74) is -2.82. The summed E-state index contributed by atoms with van der Waals surface area (Å²) in [4.78, 5) is 17.9. The highest BCUT2D eigenvalue weighted by atomic mass is 33.1. The van der Waals surface area contributed by atoms with Gasteiger partial charge in [-0.3, -0.25) is 4.18 Å². The molecule has 310 valence electrons. The van der Waals surface area contributed by atoms with Crippen LogP contribution in [0.15, 0.2) is 0 Å². The molecular formula is C31H52N4O7S12. The summed E-state index contributed by atoms with van der Waals surface area (Å²) >= 11 is 24.6. The molecule has 0 spiro atoms. The van der Waals surface area contributed by atoms with Gasteiger partial charge in [-0.1, -0.05) is 59.7 Å². The van der Waals surface area contributed by atoms with Crippen LogP contribution < -0.4 is 0 Å². The Hall–Kier alpha value is 1.63. The molecule has 0 amide bonds. The molecule has 0 aromatic heterocycles. The van der Waals surface area contributed by atoms with Crippen LogP contribution in [0.5, 0.6) is 0 Å². The predicted molar refractivity (Wildman–Crippen MR) is 254 cm³/mol. The molecule has 1 atom stereocenters. The number of hydrogen-bond donors (Lipinski definition) is 5. The smallest absolute Gasteiger partial charge is 0.329 e. The molecule has 0 aromatic carbocycles. The lowest BCUT2D eigenvalue weighted by atomic mass is 9.91. The van der Waals surface area contributed by atoms with E-state index in [-0.39, 0.29) is 0 Å². The van der Waals surface area contributed by atoms with Gasteiger partial charge >= 0.3 is 5.97 Å². The van der Waals surface area contributed by atoms with E-state index in [4.69, 9.17) is 68.1 Å². The zero-order chi connectivity index (χ0) is 39.4. The van der Waals surface area contributed by atoms with Crippen molar-refractivity contribution in [2.75, 3.05) is 72.2 Å². The van der Waals surface area contributed by atoms with Crippen molar-refractivity contribution in [3.8, 4) is 0 Å². The Balaban J connectivity index is 0.00000147. The number of hydrogen-bond acceptors (Lipinski definition) is 18. The lowest BCUT2D eigenvalue weighted by molar-refractivity contribution is -0.140. The number of aliphatic carboxylic acids is 1. The van der Waals surface area contributed by atoms with Crippen LogP contribution >= 0.6 is 136 Å². The van der Waals surface area contributed by atoms with Gasteiger partial charge in [-0.2, -0.15) is 0 Å². The van der Waals surface area contributed by atoms with Gasteiger partial charge in [-0.05, 0) is 131 Å². The number of rotatable bonds is 14. The van der Waals surface area contributed by atoms with E-state index >= 15 is 0 Å². The Kier molecular flexibility index (Phi) is 25.4. The molecule has 54 heavy (non-hydrogen) atoms. The van der Waals surface area contributed by atoms with Crippen molar-refractivity contribution in [1.82, 2.24) is 19.6 Å². The Morgan fingerprint density at radius 3 is 1.20 bits per heavy atom. The normalized spacial score (nSPS) is 19.1. The van der Waals surface area contributed by atoms with Crippen LogP contribution in [0.4, 0.5) is 0 Å². The molecular weight excluding hydrogens is 925 g/mol. The SMILES string of the molecule is O=C(O)CO.OCC(CO)(C(O)SSC(=S)N1CCCCC1)C(OSSC(=S)N1CCCCC1)(SSC(=S)N1CCCCC1)SSC(=S)N1CCCCC1. The van der Waals surface area contributed by atoms with Crippen LogP contribution in [0.2, 0.25) is 0 Å². The van der Waals surface area contributed by atoms with Gasteiger partial charge in [0.05, 0.1) is 24.3 Å².